The van der Waals surface area contributed by atoms with Gasteiger partial charge in [-0.1, -0.05) is 42.5 Å². The molecule has 6 rings (SSSR count). The average Bonchev–Trinajstić information content (AvgIpc) is 3.48. The number of carbonyl (C=O) groups is 4. The van der Waals surface area contributed by atoms with E-state index >= 15 is 0 Å². The van der Waals surface area contributed by atoms with E-state index in [1.807, 2.05) is 0 Å². The number of hydrogen-bond donors (Lipinski definition) is 0. The van der Waals surface area contributed by atoms with Gasteiger partial charge in [-0.25, -0.2) is 4.90 Å². The third-order valence-electron chi connectivity index (χ3n) is 7.28. The molecule has 3 unspecified atom stereocenters. The summed E-state index contributed by atoms with van der Waals surface area (Å²) in [6.07, 6.45) is -1.10. The van der Waals surface area contributed by atoms with Gasteiger partial charge in [-0.2, -0.15) is 0 Å². The monoisotopic (exact) mass is 483 g/mol. The summed E-state index contributed by atoms with van der Waals surface area (Å²) in [5.41, 5.74) is -1.01. The van der Waals surface area contributed by atoms with Crippen molar-refractivity contribution in [2.24, 2.45) is 11.8 Å². The molecule has 8 nitrogen and oxygen atoms in total. The molecule has 0 radical (unpaired) electrons. The minimum atomic E-state index is -2.15. The fraction of sp³-hybridized carbons (Fsp3) is 0.214. The van der Waals surface area contributed by atoms with Gasteiger partial charge in [0, 0.05) is 16.7 Å². The summed E-state index contributed by atoms with van der Waals surface area (Å²) < 4.78 is 17.2. The second-order valence-electron chi connectivity index (χ2n) is 8.94. The number of fused-ring (bicyclic) bond motifs is 3. The van der Waals surface area contributed by atoms with Crippen LogP contribution in [0.2, 0.25) is 0 Å². The van der Waals surface area contributed by atoms with Crippen LogP contribution in [0.15, 0.2) is 72.8 Å². The lowest BCUT2D eigenvalue weighted by Crippen LogP contribution is -2.51. The molecule has 2 aliphatic heterocycles. The minimum absolute atomic E-state index is 0.179. The molecule has 8 heteroatoms. The van der Waals surface area contributed by atoms with Crippen LogP contribution in [0, 0.1) is 11.8 Å². The van der Waals surface area contributed by atoms with Gasteiger partial charge in [0.05, 0.1) is 31.7 Å². The number of imide groups is 1. The first-order valence-electron chi connectivity index (χ1n) is 11.4. The number of nitrogens with zero attached hydrogens (tertiary/aromatic N) is 1. The number of carbonyl (C=O) groups excluding carboxylic acids is 4. The maximum absolute atomic E-state index is 13.9. The van der Waals surface area contributed by atoms with Crippen molar-refractivity contribution in [2.45, 2.75) is 11.7 Å². The van der Waals surface area contributed by atoms with Crippen molar-refractivity contribution in [3.63, 3.8) is 0 Å². The Labute approximate surface area is 206 Å². The van der Waals surface area contributed by atoms with Crippen molar-refractivity contribution in [1.82, 2.24) is 0 Å². The van der Waals surface area contributed by atoms with Crippen LogP contribution in [0.4, 0.5) is 5.69 Å². The topological polar surface area (TPSA) is 99.2 Å². The third kappa shape index (κ3) is 2.73. The zero-order valence-corrected chi connectivity index (χ0v) is 19.5. The average molecular weight is 483 g/mol. The third-order valence-corrected chi connectivity index (χ3v) is 7.28. The summed E-state index contributed by atoms with van der Waals surface area (Å²) in [6.45, 7) is 0. The largest absolute Gasteiger partial charge is 0.497 e. The van der Waals surface area contributed by atoms with E-state index in [1.165, 1.54) is 14.2 Å². The summed E-state index contributed by atoms with van der Waals surface area (Å²) in [7, 11) is 2.96. The molecule has 2 amide bonds. The van der Waals surface area contributed by atoms with Crippen LogP contribution in [0.1, 0.15) is 32.4 Å². The number of benzene rings is 3. The van der Waals surface area contributed by atoms with Gasteiger partial charge in [0.2, 0.25) is 29.0 Å². The number of ether oxygens (including phenoxy) is 3. The van der Waals surface area contributed by atoms with Crippen LogP contribution >= 0.6 is 0 Å². The number of rotatable bonds is 4. The normalized spacial score (nSPS) is 23.8. The molecule has 180 valence electrons. The molecule has 1 aliphatic carbocycles. The van der Waals surface area contributed by atoms with Gasteiger partial charge in [-0.15, -0.1) is 0 Å². The van der Waals surface area contributed by atoms with Crippen LogP contribution in [-0.2, 0) is 14.3 Å². The summed E-state index contributed by atoms with van der Waals surface area (Å²) in [6, 6.07) is 19.8. The number of ketones is 2. The number of anilines is 1. The van der Waals surface area contributed by atoms with Crippen molar-refractivity contribution in [2.75, 3.05) is 19.1 Å². The fourth-order valence-electron chi connectivity index (χ4n) is 5.69. The highest BCUT2D eigenvalue weighted by molar-refractivity contribution is 6.37. The molecule has 1 spiro atoms. The molecule has 3 aromatic carbocycles. The summed E-state index contributed by atoms with van der Waals surface area (Å²) in [4.78, 5) is 56.6. The van der Waals surface area contributed by atoms with E-state index in [1.54, 1.807) is 72.8 Å². The molecule has 2 heterocycles. The Morgan fingerprint density at radius 2 is 1.42 bits per heavy atom. The lowest BCUT2D eigenvalue weighted by atomic mass is 9.77. The van der Waals surface area contributed by atoms with Crippen LogP contribution in [0.5, 0.6) is 11.5 Å². The van der Waals surface area contributed by atoms with Gasteiger partial charge in [0.15, 0.2) is 0 Å². The smallest absolute Gasteiger partial charge is 0.241 e. The lowest BCUT2D eigenvalue weighted by molar-refractivity contribution is -0.127. The Balaban J connectivity index is 1.58. The molecule has 2 fully saturated rings. The standard InChI is InChI=1S/C28H21NO7/c1-34-16-12-13-20(35-2)19(14-16)23-21-22(27(33)29(26(21)32)15-8-4-3-5-9-15)28(36-23)24(30)17-10-6-7-11-18(17)25(28)31/h3-14,21-23H,1-2H3. The minimum Gasteiger partial charge on any atom is -0.497 e. The molecule has 0 N–H and O–H groups in total. The van der Waals surface area contributed by atoms with E-state index in [9.17, 15) is 19.2 Å². The Morgan fingerprint density at radius 1 is 0.778 bits per heavy atom. The maximum atomic E-state index is 13.9. The van der Waals surface area contributed by atoms with E-state index in [-0.39, 0.29) is 11.1 Å². The van der Waals surface area contributed by atoms with E-state index in [4.69, 9.17) is 14.2 Å². The molecule has 2 saturated heterocycles. The molecule has 0 saturated carbocycles. The Bertz CT molecular complexity index is 1410. The van der Waals surface area contributed by atoms with Crippen molar-refractivity contribution >= 4 is 29.1 Å². The van der Waals surface area contributed by atoms with Gasteiger partial charge in [0.1, 0.15) is 17.6 Å². The van der Waals surface area contributed by atoms with Gasteiger partial charge in [0.25, 0.3) is 0 Å². The second kappa shape index (κ2) is 7.86. The Morgan fingerprint density at radius 3 is 2.03 bits per heavy atom. The molecular weight excluding hydrogens is 462 g/mol. The Hall–Kier alpha value is -4.30. The highest BCUT2D eigenvalue weighted by atomic mass is 16.5. The summed E-state index contributed by atoms with van der Waals surface area (Å²) in [5, 5.41) is 0. The zero-order chi connectivity index (χ0) is 25.2. The quantitative estimate of drug-likeness (QED) is 0.414. The summed E-state index contributed by atoms with van der Waals surface area (Å²) in [5.74, 6) is -4.02. The van der Waals surface area contributed by atoms with Gasteiger partial charge in [-0.05, 0) is 30.3 Å². The highest BCUT2D eigenvalue weighted by Crippen LogP contribution is 2.58. The van der Waals surface area contributed by atoms with E-state index in [0.717, 1.165) is 4.90 Å². The number of methoxy groups -OCH3 is 2. The SMILES string of the molecule is COc1ccc(OC)c(C2OC3(C(=O)c4ccccc4C3=O)C3C(=O)N(c4ccccc4)C(=O)C23)c1. The molecular formula is C28H21NO7. The molecule has 3 atom stereocenters. The van der Waals surface area contributed by atoms with Crippen LogP contribution in [0.3, 0.4) is 0 Å². The number of para-hydroxylation sites is 1. The first kappa shape index (κ1) is 22.2. The fourth-order valence-corrected chi connectivity index (χ4v) is 5.69. The van der Waals surface area contributed by atoms with Gasteiger partial charge < -0.3 is 14.2 Å². The molecule has 0 bridgehead atoms. The second-order valence-corrected chi connectivity index (χ2v) is 8.94. The van der Waals surface area contributed by atoms with Crippen molar-refractivity contribution in [1.29, 1.82) is 0 Å². The van der Waals surface area contributed by atoms with Crippen LogP contribution in [-0.4, -0.2) is 43.2 Å². The Kier molecular flexibility index (Phi) is 4.84. The number of amides is 2. The van der Waals surface area contributed by atoms with E-state index in [0.29, 0.717) is 22.7 Å². The zero-order valence-electron chi connectivity index (χ0n) is 19.5. The molecule has 3 aliphatic rings. The van der Waals surface area contributed by atoms with Crippen molar-refractivity contribution in [3.8, 4) is 11.5 Å². The first-order valence-corrected chi connectivity index (χ1v) is 11.4. The van der Waals surface area contributed by atoms with Crippen molar-refractivity contribution < 1.29 is 33.4 Å². The van der Waals surface area contributed by atoms with Gasteiger partial charge in [-0.3, -0.25) is 19.2 Å². The van der Waals surface area contributed by atoms with Crippen molar-refractivity contribution in [3.05, 3.63) is 89.5 Å². The highest BCUT2D eigenvalue weighted by Gasteiger charge is 2.75. The lowest BCUT2D eigenvalue weighted by Gasteiger charge is -2.27. The number of Topliss-reactive ketones (excluding diaryl/α,β-unsaturated/α-hetero) is 2. The van der Waals surface area contributed by atoms with Crippen LogP contribution in [0.25, 0.3) is 0 Å². The molecule has 3 aromatic rings. The predicted octanol–water partition coefficient (Wildman–Crippen LogP) is 3.40. The summed E-state index contributed by atoms with van der Waals surface area (Å²) >= 11 is 0. The van der Waals surface area contributed by atoms with Crippen LogP contribution < -0.4 is 14.4 Å². The first-order chi connectivity index (χ1) is 17.4. The van der Waals surface area contributed by atoms with E-state index in [2.05, 4.69) is 0 Å². The maximum Gasteiger partial charge on any atom is 0.241 e. The van der Waals surface area contributed by atoms with E-state index < -0.39 is 46.9 Å². The molecule has 36 heavy (non-hydrogen) atoms. The molecule has 0 aromatic heterocycles. The number of hydrogen-bond acceptors (Lipinski definition) is 7. The predicted molar refractivity (Wildman–Crippen MR) is 127 cm³/mol. The van der Waals surface area contributed by atoms with Gasteiger partial charge >= 0.3 is 0 Å².